The lowest BCUT2D eigenvalue weighted by atomic mass is 9.88. The zero-order valence-electron chi connectivity index (χ0n) is 15.3. The Hall–Kier alpha value is -3.19. The molecule has 1 aliphatic rings. The van der Waals surface area contributed by atoms with Crippen molar-refractivity contribution in [3.8, 4) is 0 Å². The molecule has 4 rings (SSSR count). The van der Waals surface area contributed by atoms with Gasteiger partial charge in [0.05, 0.1) is 6.54 Å². The topological polar surface area (TPSA) is 78.5 Å². The quantitative estimate of drug-likeness (QED) is 0.654. The number of nitrogens with zero attached hydrogens (tertiary/aromatic N) is 1. The number of rotatable bonds is 5. The van der Waals surface area contributed by atoms with E-state index in [2.05, 4.69) is 10.6 Å². The van der Waals surface area contributed by atoms with E-state index in [1.54, 1.807) is 6.92 Å². The third kappa shape index (κ3) is 3.14. The van der Waals surface area contributed by atoms with Crippen LogP contribution in [-0.4, -0.2) is 29.3 Å². The van der Waals surface area contributed by atoms with E-state index in [4.69, 9.17) is 0 Å². The average Bonchev–Trinajstić information content (AvgIpc) is 3.29. The predicted octanol–water partition coefficient (Wildman–Crippen LogP) is 2.98. The molecule has 2 aromatic carbocycles. The van der Waals surface area contributed by atoms with Gasteiger partial charge in [0, 0.05) is 4.88 Å². The van der Waals surface area contributed by atoms with Crippen molar-refractivity contribution >= 4 is 40.0 Å². The minimum atomic E-state index is -1.22. The van der Waals surface area contributed by atoms with Gasteiger partial charge in [-0.05, 0) is 34.7 Å². The molecular weight excluding hydrogens is 374 g/mol. The molecule has 3 aromatic rings. The second kappa shape index (κ2) is 7.09. The highest BCUT2D eigenvalue weighted by Crippen LogP contribution is 2.33. The molecule has 1 saturated heterocycles. The summed E-state index contributed by atoms with van der Waals surface area (Å²) in [6.07, 6.45) is 0. The number of imide groups is 1. The molecule has 0 aliphatic carbocycles. The van der Waals surface area contributed by atoms with E-state index < -0.39 is 17.5 Å². The van der Waals surface area contributed by atoms with Crippen LogP contribution in [-0.2, 0) is 21.7 Å². The SMILES string of the molecule is CC1(c2cccc3ccccc23)NC(=O)N(CC(=O)NCc2cccs2)C1=O. The van der Waals surface area contributed by atoms with Crippen molar-refractivity contribution in [3.05, 3.63) is 70.4 Å². The summed E-state index contributed by atoms with van der Waals surface area (Å²) in [5, 5.41) is 9.32. The number of amides is 4. The summed E-state index contributed by atoms with van der Waals surface area (Å²) in [5.41, 5.74) is -0.503. The second-order valence-electron chi connectivity index (χ2n) is 6.83. The fraction of sp³-hybridized carbons (Fsp3) is 0.190. The third-order valence-electron chi connectivity index (χ3n) is 4.94. The van der Waals surface area contributed by atoms with Crippen molar-refractivity contribution in [1.82, 2.24) is 15.5 Å². The van der Waals surface area contributed by atoms with Crippen LogP contribution < -0.4 is 10.6 Å². The molecule has 2 heterocycles. The van der Waals surface area contributed by atoms with Gasteiger partial charge in [-0.3, -0.25) is 14.5 Å². The van der Waals surface area contributed by atoms with Crippen molar-refractivity contribution in [2.45, 2.75) is 19.0 Å². The first-order valence-corrected chi connectivity index (χ1v) is 9.78. The minimum absolute atomic E-state index is 0.309. The molecule has 1 fully saturated rings. The molecule has 4 amide bonds. The monoisotopic (exact) mass is 393 g/mol. The maximum Gasteiger partial charge on any atom is 0.325 e. The summed E-state index contributed by atoms with van der Waals surface area (Å²) in [6.45, 7) is 1.75. The van der Waals surface area contributed by atoms with Crippen molar-refractivity contribution in [1.29, 1.82) is 0 Å². The van der Waals surface area contributed by atoms with Crippen molar-refractivity contribution in [2.75, 3.05) is 6.54 Å². The molecule has 1 aliphatic heterocycles. The minimum Gasteiger partial charge on any atom is -0.350 e. The molecule has 7 heteroatoms. The first kappa shape index (κ1) is 18.2. The van der Waals surface area contributed by atoms with Crippen LogP contribution in [0.5, 0.6) is 0 Å². The van der Waals surface area contributed by atoms with Gasteiger partial charge in [0.1, 0.15) is 12.1 Å². The van der Waals surface area contributed by atoms with Crippen LogP contribution in [0, 0.1) is 0 Å². The lowest BCUT2D eigenvalue weighted by Gasteiger charge is -2.24. The van der Waals surface area contributed by atoms with Gasteiger partial charge in [0.15, 0.2) is 0 Å². The van der Waals surface area contributed by atoms with Crippen LogP contribution in [0.25, 0.3) is 10.8 Å². The summed E-state index contributed by atoms with van der Waals surface area (Å²) in [4.78, 5) is 39.9. The molecule has 1 aromatic heterocycles. The Balaban J connectivity index is 1.55. The van der Waals surface area contributed by atoms with Gasteiger partial charge < -0.3 is 10.6 Å². The normalized spacial score (nSPS) is 19.1. The number of urea groups is 1. The van der Waals surface area contributed by atoms with E-state index in [1.807, 2.05) is 60.0 Å². The average molecular weight is 393 g/mol. The maximum absolute atomic E-state index is 13.1. The fourth-order valence-corrected chi connectivity index (χ4v) is 4.13. The van der Waals surface area contributed by atoms with Crippen molar-refractivity contribution in [2.24, 2.45) is 0 Å². The van der Waals surface area contributed by atoms with Gasteiger partial charge in [-0.15, -0.1) is 11.3 Å². The van der Waals surface area contributed by atoms with E-state index in [0.717, 1.165) is 20.5 Å². The largest absolute Gasteiger partial charge is 0.350 e. The third-order valence-corrected chi connectivity index (χ3v) is 5.82. The van der Waals surface area contributed by atoms with Crippen molar-refractivity contribution < 1.29 is 14.4 Å². The van der Waals surface area contributed by atoms with Gasteiger partial charge in [-0.1, -0.05) is 48.5 Å². The zero-order chi connectivity index (χ0) is 19.7. The summed E-state index contributed by atoms with van der Waals surface area (Å²) in [7, 11) is 0. The van der Waals surface area contributed by atoms with E-state index in [-0.39, 0.29) is 12.5 Å². The number of hydrogen-bond donors (Lipinski definition) is 2. The van der Waals surface area contributed by atoms with Crippen LogP contribution in [0.2, 0.25) is 0 Å². The fourth-order valence-electron chi connectivity index (χ4n) is 3.48. The highest BCUT2D eigenvalue weighted by Gasteiger charge is 2.50. The Bertz CT molecular complexity index is 1060. The second-order valence-corrected chi connectivity index (χ2v) is 7.86. The maximum atomic E-state index is 13.1. The Labute approximate surface area is 166 Å². The molecule has 0 radical (unpaired) electrons. The number of carbonyl (C=O) groups is 3. The number of hydrogen-bond acceptors (Lipinski definition) is 4. The van der Waals surface area contributed by atoms with E-state index >= 15 is 0 Å². The Kier molecular flexibility index (Phi) is 4.60. The van der Waals surface area contributed by atoms with Crippen LogP contribution >= 0.6 is 11.3 Å². The van der Waals surface area contributed by atoms with Crippen LogP contribution in [0.1, 0.15) is 17.4 Å². The summed E-state index contributed by atoms with van der Waals surface area (Å²) < 4.78 is 0. The molecule has 28 heavy (non-hydrogen) atoms. The lowest BCUT2D eigenvalue weighted by Crippen LogP contribution is -2.43. The molecule has 1 atom stereocenters. The van der Waals surface area contributed by atoms with Crippen LogP contribution in [0.15, 0.2) is 60.0 Å². The number of fused-ring (bicyclic) bond motifs is 1. The number of nitrogens with one attached hydrogen (secondary N) is 2. The molecule has 0 saturated carbocycles. The molecule has 142 valence electrons. The number of thiophene rings is 1. The number of carbonyl (C=O) groups excluding carboxylic acids is 3. The lowest BCUT2D eigenvalue weighted by molar-refractivity contribution is -0.134. The molecular formula is C21H19N3O3S. The summed E-state index contributed by atoms with van der Waals surface area (Å²) in [6, 6.07) is 16.6. The first-order valence-electron chi connectivity index (χ1n) is 8.90. The van der Waals surface area contributed by atoms with Gasteiger partial charge >= 0.3 is 6.03 Å². The highest BCUT2D eigenvalue weighted by molar-refractivity contribution is 7.09. The summed E-state index contributed by atoms with van der Waals surface area (Å²) in [5.74, 6) is -0.806. The zero-order valence-corrected chi connectivity index (χ0v) is 16.1. The Morgan fingerprint density at radius 1 is 1.11 bits per heavy atom. The molecule has 0 spiro atoms. The molecule has 0 bridgehead atoms. The van der Waals surface area contributed by atoms with Crippen molar-refractivity contribution in [3.63, 3.8) is 0 Å². The van der Waals surface area contributed by atoms with Gasteiger partial charge in [0.25, 0.3) is 5.91 Å². The van der Waals surface area contributed by atoms with Crippen LogP contribution in [0.3, 0.4) is 0 Å². The van der Waals surface area contributed by atoms with E-state index in [0.29, 0.717) is 12.1 Å². The van der Waals surface area contributed by atoms with Gasteiger partial charge in [-0.25, -0.2) is 4.79 Å². The smallest absolute Gasteiger partial charge is 0.325 e. The highest BCUT2D eigenvalue weighted by atomic mass is 32.1. The molecule has 6 nitrogen and oxygen atoms in total. The van der Waals surface area contributed by atoms with Crippen LogP contribution in [0.4, 0.5) is 4.79 Å². The predicted molar refractivity (Wildman–Crippen MR) is 108 cm³/mol. The molecule has 1 unspecified atom stereocenters. The van der Waals surface area contributed by atoms with E-state index in [9.17, 15) is 14.4 Å². The Morgan fingerprint density at radius 2 is 1.89 bits per heavy atom. The summed E-state index contributed by atoms with van der Waals surface area (Å²) >= 11 is 1.53. The standard InChI is InChI=1S/C21H19N3O3S/c1-21(17-10-4-7-14-6-2-3-9-16(14)17)19(26)24(20(27)23-21)13-18(25)22-12-15-8-5-11-28-15/h2-11H,12-13H2,1H3,(H,22,25)(H,23,27). The van der Waals surface area contributed by atoms with Gasteiger partial charge in [0.2, 0.25) is 5.91 Å². The van der Waals surface area contributed by atoms with Gasteiger partial charge in [-0.2, -0.15) is 0 Å². The first-order chi connectivity index (χ1) is 13.5. The molecule has 2 N–H and O–H groups in total. The van der Waals surface area contributed by atoms with E-state index in [1.165, 1.54) is 11.3 Å². The Morgan fingerprint density at radius 3 is 2.68 bits per heavy atom. The number of benzene rings is 2.